The first-order valence-electron chi connectivity index (χ1n) is 11.2. The predicted molar refractivity (Wildman–Crippen MR) is 132 cm³/mol. The first-order chi connectivity index (χ1) is 16.9. The quantitative estimate of drug-likeness (QED) is 0.288. The van der Waals surface area contributed by atoms with Crippen molar-refractivity contribution in [1.82, 2.24) is 10.1 Å². The lowest BCUT2D eigenvalue weighted by Gasteiger charge is -2.17. The average Bonchev–Trinajstić information content (AvgIpc) is 3.43. The number of nitrogens with zero attached hydrogens (tertiary/aromatic N) is 2. The van der Waals surface area contributed by atoms with Gasteiger partial charge in [-0.1, -0.05) is 35.5 Å². The van der Waals surface area contributed by atoms with Crippen LogP contribution in [0.2, 0.25) is 0 Å². The van der Waals surface area contributed by atoms with Gasteiger partial charge in [0.15, 0.2) is 5.58 Å². The first-order valence-corrected chi connectivity index (χ1v) is 12.7. The lowest BCUT2D eigenvalue weighted by Crippen LogP contribution is -2.20. The molecular formula is C26H24FN3O4S. The Hall–Kier alpha value is -3.69. The Morgan fingerprint density at radius 1 is 1.00 bits per heavy atom. The summed E-state index contributed by atoms with van der Waals surface area (Å²) in [6, 6.07) is 20.4. The number of rotatable bonds is 9. The number of nitrogens with one attached hydrogen (secondary N) is 1. The van der Waals surface area contributed by atoms with Crippen LogP contribution in [0.25, 0.3) is 21.9 Å². The van der Waals surface area contributed by atoms with Gasteiger partial charge in [-0.25, -0.2) is 4.39 Å². The molecule has 0 aliphatic carbocycles. The molecule has 0 unspecified atom stereocenters. The van der Waals surface area contributed by atoms with E-state index in [4.69, 9.17) is 8.94 Å². The van der Waals surface area contributed by atoms with Crippen molar-refractivity contribution in [2.75, 3.05) is 18.3 Å². The standard InChI is InChI=1S/C26H24FN3O4S/c1-30(13-5-9-23-22-12-11-20(27)16-25(22)34-28-23)17-18-6-4-8-21(14-18)29-35(31,32)26-15-19-7-2-3-10-24(19)33-26/h2-4,6-8,10-12,14-16,29H,5,9,13,17H2,1H3. The van der Waals surface area contributed by atoms with Crippen molar-refractivity contribution in [3.63, 3.8) is 0 Å². The maximum atomic E-state index is 13.3. The maximum Gasteiger partial charge on any atom is 0.295 e. The van der Waals surface area contributed by atoms with Crippen molar-refractivity contribution in [3.05, 3.63) is 89.9 Å². The smallest absolute Gasteiger partial charge is 0.295 e. The molecule has 180 valence electrons. The molecule has 0 saturated carbocycles. The lowest BCUT2D eigenvalue weighted by atomic mass is 10.1. The number of aryl methyl sites for hydroxylation is 1. The molecule has 0 aliphatic rings. The number of hydrogen-bond donors (Lipinski definition) is 1. The zero-order valence-corrected chi connectivity index (χ0v) is 19.9. The molecule has 7 nitrogen and oxygen atoms in total. The van der Waals surface area contributed by atoms with Crippen molar-refractivity contribution < 1.29 is 21.7 Å². The van der Waals surface area contributed by atoms with Crippen LogP contribution in [0.4, 0.5) is 10.1 Å². The Balaban J connectivity index is 1.19. The Kier molecular flexibility index (Phi) is 6.27. The monoisotopic (exact) mass is 493 g/mol. The van der Waals surface area contributed by atoms with Crippen LogP contribution in [0, 0.1) is 5.82 Å². The average molecular weight is 494 g/mol. The summed E-state index contributed by atoms with van der Waals surface area (Å²) in [5.41, 5.74) is 3.23. The SMILES string of the molecule is CN(CCCc1noc2cc(F)ccc12)Cc1cccc(NS(=O)(=O)c2cc3ccccc3o2)c1. The minimum Gasteiger partial charge on any atom is -0.443 e. The summed E-state index contributed by atoms with van der Waals surface area (Å²) < 4.78 is 52.3. The number of aromatic nitrogens is 1. The van der Waals surface area contributed by atoms with E-state index >= 15 is 0 Å². The van der Waals surface area contributed by atoms with E-state index in [9.17, 15) is 12.8 Å². The van der Waals surface area contributed by atoms with Crippen molar-refractivity contribution >= 4 is 37.6 Å². The summed E-state index contributed by atoms with van der Waals surface area (Å²) in [5.74, 6) is -0.345. The summed E-state index contributed by atoms with van der Waals surface area (Å²) >= 11 is 0. The molecule has 3 aromatic carbocycles. The topological polar surface area (TPSA) is 88.6 Å². The van der Waals surface area contributed by atoms with Gasteiger partial charge in [0.2, 0.25) is 5.09 Å². The van der Waals surface area contributed by atoms with E-state index in [0.717, 1.165) is 35.0 Å². The van der Waals surface area contributed by atoms with Gasteiger partial charge in [-0.15, -0.1) is 0 Å². The fourth-order valence-electron chi connectivity index (χ4n) is 4.08. The number of halogens is 1. The highest BCUT2D eigenvalue weighted by molar-refractivity contribution is 7.92. The number of fused-ring (bicyclic) bond motifs is 2. The van der Waals surface area contributed by atoms with Crippen LogP contribution in [-0.2, 0) is 23.0 Å². The Labute approximate surface area is 202 Å². The second-order valence-corrected chi connectivity index (χ2v) is 10.1. The normalized spacial score (nSPS) is 12.1. The van der Waals surface area contributed by atoms with E-state index in [1.54, 1.807) is 30.3 Å². The molecule has 5 aromatic rings. The van der Waals surface area contributed by atoms with E-state index in [-0.39, 0.29) is 10.9 Å². The second kappa shape index (κ2) is 9.52. The largest absolute Gasteiger partial charge is 0.443 e. The highest BCUT2D eigenvalue weighted by Gasteiger charge is 2.20. The number of para-hydroxylation sites is 1. The van der Waals surface area contributed by atoms with E-state index in [0.29, 0.717) is 29.8 Å². The molecule has 5 rings (SSSR count). The van der Waals surface area contributed by atoms with Gasteiger partial charge in [0.25, 0.3) is 10.0 Å². The third-order valence-corrected chi connectivity index (χ3v) is 7.00. The zero-order chi connectivity index (χ0) is 24.4. The van der Waals surface area contributed by atoms with Gasteiger partial charge in [0, 0.05) is 35.1 Å². The summed E-state index contributed by atoms with van der Waals surface area (Å²) in [7, 11) is -1.85. The maximum absolute atomic E-state index is 13.3. The van der Waals surface area contributed by atoms with Crippen LogP contribution in [0.1, 0.15) is 17.7 Å². The van der Waals surface area contributed by atoms with Crippen LogP contribution in [0.5, 0.6) is 0 Å². The van der Waals surface area contributed by atoms with Gasteiger partial charge >= 0.3 is 0 Å². The predicted octanol–water partition coefficient (Wildman–Crippen LogP) is 5.58. The molecule has 9 heteroatoms. The third-order valence-electron chi connectivity index (χ3n) is 5.76. The third kappa shape index (κ3) is 5.21. The van der Waals surface area contributed by atoms with Crippen molar-refractivity contribution in [3.8, 4) is 0 Å². The highest BCUT2D eigenvalue weighted by Crippen LogP contribution is 2.25. The van der Waals surface area contributed by atoms with Crippen LogP contribution in [0.15, 0.2) is 86.8 Å². The summed E-state index contributed by atoms with van der Waals surface area (Å²) in [5, 5.41) is 5.51. The first kappa shape index (κ1) is 23.1. The number of benzene rings is 3. The molecule has 0 bridgehead atoms. The fourth-order valence-corrected chi connectivity index (χ4v) is 5.10. The Bertz CT molecular complexity index is 1560. The molecule has 0 fully saturated rings. The second-order valence-electron chi connectivity index (χ2n) is 8.52. The fraction of sp³-hybridized carbons (Fsp3) is 0.192. The molecule has 0 saturated heterocycles. The van der Waals surface area contributed by atoms with Crippen LogP contribution in [0.3, 0.4) is 0 Å². The zero-order valence-electron chi connectivity index (χ0n) is 19.1. The number of sulfonamides is 1. The Morgan fingerprint density at radius 2 is 1.86 bits per heavy atom. The van der Waals surface area contributed by atoms with Crippen LogP contribution < -0.4 is 4.72 Å². The Morgan fingerprint density at radius 3 is 2.71 bits per heavy atom. The van der Waals surface area contributed by atoms with Crippen LogP contribution >= 0.6 is 0 Å². The molecule has 1 N–H and O–H groups in total. The molecule has 0 atom stereocenters. The van der Waals surface area contributed by atoms with Crippen LogP contribution in [-0.4, -0.2) is 32.1 Å². The van der Waals surface area contributed by atoms with Gasteiger partial charge < -0.3 is 13.8 Å². The molecule has 35 heavy (non-hydrogen) atoms. The molecule has 2 heterocycles. The van der Waals surface area contributed by atoms with Gasteiger partial charge in [0.1, 0.15) is 11.4 Å². The van der Waals surface area contributed by atoms with Gasteiger partial charge in [-0.2, -0.15) is 8.42 Å². The molecule has 0 radical (unpaired) electrons. The summed E-state index contributed by atoms with van der Waals surface area (Å²) in [4.78, 5) is 2.15. The molecule has 0 aliphatic heterocycles. The van der Waals surface area contributed by atoms with Crippen molar-refractivity contribution in [1.29, 1.82) is 0 Å². The molecule has 0 spiro atoms. The van der Waals surface area contributed by atoms with Crippen molar-refractivity contribution in [2.24, 2.45) is 0 Å². The van der Waals surface area contributed by atoms with E-state index < -0.39 is 10.0 Å². The number of anilines is 1. The highest BCUT2D eigenvalue weighted by atomic mass is 32.2. The summed E-state index contributed by atoms with van der Waals surface area (Å²) in [6.45, 7) is 1.44. The van der Waals surface area contributed by atoms with Gasteiger partial charge in [-0.3, -0.25) is 4.72 Å². The van der Waals surface area contributed by atoms with E-state index in [1.807, 2.05) is 31.3 Å². The lowest BCUT2D eigenvalue weighted by molar-refractivity contribution is 0.320. The number of hydrogen-bond acceptors (Lipinski definition) is 6. The number of furan rings is 1. The van der Waals surface area contributed by atoms with Crippen molar-refractivity contribution in [2.45, 2.75) is 24.5 Å². The minimum absolute atomic E-state index is 0.121. The van der Waals surface area contributed by atoms with E-state index in [2.05, 4.69) is 14.8 Å². The van der Waals surface area contributed by atoms with E-state index in [1.165, 1.54) is 18.2 Å². The van der Waals surface area contributed by atoms with Gasteiger partial charge in [0.05, 0.1) is 5.69 Å². The molecule has 0 amide bonds. The van der Waals surface area contributed by atoms with Gasteiger partial charge in [-0.05, 0) is 62.3 Å². The molecular weight excluding hydrogens is 469 g/mol. The minimum atomic E-state index is -3.85. The molecule has 2 aromatic heterocycles. The summed E-state index contributed by atoms with van der Waals surface area (Å²) in [6.07, 6.45) is 1.55.